The molecule has 0 bridgehead atoms. The van der Waals surface area contributed by atoms with Crippen LogP contribution in [0.15, 0.2) is 0 Å². The van der Waals surface area contributed by atoms with E-state index in [1.165, 1.54) is 38.9 Å². The smallest absolute Gasteiger partial charge is 0.0167 e. The highest BCUT2D eigenvalue weighted by molar-refractivity contribution is 4.90. The summed E-state index contributed by atoms with van der Waals surface area (Å²) in [7, 11) is 0. The van der Waals surface area contributed by atoms with Crippen LogP contribution in [0.25, 0.3) is 0 Å². The first-order chi connectivity index (χ1) is 7.48. The number of piperazine rings is 1. The summed E-state index contributed by atoms with van der Waals surface area (Å²) in [6.07, 6.45) is 4.21. The number of rotatable bonds is 1. The quantitative estimate of drug-likeness (QED) is 0.736. The van der Waals surface area contributed by atoms with Crippen LogP contribution in [0.5, 0.6) is 0 Å². The van der Waals surface area contributed by atoms with Crippen LogP contribution in [-0.4, -0.2) is 36.6 Å². The van der Waals surface area contributed by atoms with E-state index in [-0.39, 0.29) is 0 Å². The van der Waals surface area contributed by atoms with Crippen molar-refractivity contribution in [1.82, 2.24) is 10.2 Å². The molecule has 1 N–H and O–H groups in total. The Morgan fingerprint density at radius 3 is 2.62 bits per heavy atom. The van der Waals surface area contributed by atoms with Crippen molar-refractivity contribution in [2.75, 3.05) is 19.6 Å². The summed E-state index contributed by atoms with van der Waals surface area (Å²) in [6, 6.07) is 1.52. The molecule has 1 aliphatic carbocycles. The molecule has 1 saturated carbocycles. The molecule has 2 aliphatic rings. The van der Waals surface area contributed by atoms with E-state index in [0.717, 1.165) is 12.0 Å². The fourth-order valence-corrected chi connectivity index (χ4v) is 3.74. The summed E-state index contributed by atoms with van der Waals surface area (Å²) in [5.74, 6) is 0.869. The Morgan fingerprint density at radius 1 is 1.25 bits per heavy atom. The molecule has 94 valence electrons. The third kappa shape index (κ3) is 2.78. The van der Waals surface area contributed by atoms with Crippen molar-refractivity contribution in [2.24, 2.45) is 11.3 Å². The van der Waals surface area contributed by atoms with Crippen LogP contribution in [0, 0.1) is 11.3 Å². The summed E-state index contributed by atoms with van der Waals surface area (Å²) < 4.78 is 0. The summed E-state index contributed by atoms with van der Waals surface area (Å²) in [4.78, 5) is 2.74. The van der Waals surface area contributed by atoms with Crippen molar-refractivity contribution in [1.29, 1.82) is 0 Å². The van der Waals surface area contributed by atoms with Crippen molar-refractivity contribution >= 4 is 0 Å². The molecule has 3 atom stereocenters. The van der Waals surface area contributed by atoms with Gasteiger partial charge in [0.1, 0.15) is 0 Å². The molecular weight excluding hydrogens is 196 g/mol. The van der Waals surface area contributed by atoms with E-state index in [9.17, 15) is 0 Å². The third-order valence-electron chi connectivity index (χ3n) is 4.52. The first-order valence-corrected chi connectivity index (χ1v) is 6.95. The minimum Gasteiger partial charge on any atom is -0.312 e. The highest BCUT2D eigenvalue weighted by atomic mass is 15.2. The van der Waals surface area contributed by atoms with Gasteiger partial charge >= 0.3 is 0 Å². The Morgan fingerprint density at radius 2 is 2.00 bits per heavy atom. The van der Waals surface area contributed by atoms with Gasteiger partial charge in [0.15, 0.2) is 0 Å². The molecule has 2 fully saturated rings. The normalized spacial score (nSPS) is 40.9. The first kappa shape index (κ1) is 12.4. The maximum Gasteiger partial charge on any atom is 0.0167 e. The molecule has 2 heteroatoms. The minimum atomic E-state index is 0.579. The molecular formula is C14H28N2. The van der Waals surface area contributed by atoms with Gasteiger partial charge in [0.2, 0.25) is 0 Å². The van der Waals surface area contributed by atoms with Crippen molar-refractivity contribution in [3.05, 3.63) is 0 Å². The monoisotopic (exact) mass is 224 g/mol. The standard InChI is InChI=1S/C14H28N2/c1-11-9-14(3,4)6-5-13(11)16-8-7-15-12(2)10-16/h11-13,15H,5-10H2,1-4H3. The van der Waals surface area contributed by atoms with Gasteiger partial charge in [0, 0.05) is 31.7 Å². The summed E-state index contributed by atoms with van der Waals surface area (Å²) in [5, 5.41) is 3.54. The summed E-state index contributed by atoms with van der Waals surface area (Å²) in [5.41, 5.74) is 0.579. The molecule has 0 spiro atoms. The van der Waals surface area contributed by atoms with Gasteiger partial charge in [0.05, 0.1) is 0 Å². The lowest BCUT2D eigenvalue weighted by Crippen LogP contribution is -2.55. The molecule has 1 saturated heterocycles. The maximum absolute atomic E-state index is 3.54. The second-order valence-corrected chi connectivity index (χ2v) is 6.80. The molecule has 2 rings (SSSR count). The lowest BCUT2D eigenvalue weighted by Gasteiger charge is -2.46. The Balaban J connectivity index is 1.94. The Kier molecular flexibility index (Phi) is 3.60. The van der Waals surface area contributed by atoms with E-state index in [1.807, 2.05) is 0 Å². The van der Waals surface area contributed by atoms with Crippen LogP contribution in [-0.2, 0) is 0 Å². The lowest BCUT2D eigenvalue weighted by molar-refractivity contribution is 0.0437. The molecule has 0 amide bonds. The van der Waals surface area contributed by atoms with Gasteiger partial charge in [-0.15, -0.1) is 0 Å². The van der Waals surface area contributed by atoms with Gasteiger partial charge < -0.3 is 5.32 Å². The molecule has 16 heavy (non-hydrogen) atoms. The second-order valence-electron chi connectivity index (χ2n) is 6.80. The molecule has 3 unspecified atom stereocenters. The fourth-order valence-electron chi connectivity index (χ4n) is 3.74. The van der Waals surface area contributed by atoms with Crippen LogP contribution in [0.4, 0.5) is 0 Å². The van der Waals surface area contributed by atoms with Crippen LogP contribution in [0.3, 0.4) is 0 Å². The zero-order valence-corrected chi connectivity index (χ0v) is 11.4. The molecule has 0 aromatic heterocycles. The lowest BCUT2D eigenvalue weighted by atomic mass is 9.70. The van der Waals surface area contributed by atoms with Crippen LogP contribution in [0.2, 0.25) is 0 Å². The van der Waals surface area contributed by atoms with E-state index < -0.39 is 0 Å². The van der Waals surface area contributed by atoms with Gasteiger partial charge in [-0.3, -0.25) is 4.90 Å². The predicted molar refractivity (Wildman–Crippen MR) is 69.6 cm³/mol. The number of nitrogens with zero attached hydrogens (tertiary/aromatic N) is 1. The van der Waals surface area contributed by atoms with E-state index in [4.69, 9.17) is 0 Å². The highest BCUT2D eigenvalue weighted by Crippen LogP contribution is 2.40. The molecule has 0 radical (unpaired) electrons. The van der Waals surface area contributed by atoms with E-state index >= 15 is 0 Å². The maximum atomic E-state index is 3.54. The second kappa shape index (κ2) is 4.66. The third-order valence-corrected chi connectivity index (χ3v) is 4.52. The highest BCUT2D eigenvalue weighted by Gasteiger charge is 2.36. The minimum absolute atomic E-state index is 0.579. The Bertz CT molecular complexity index is 237. The van der Waals surface area contributed by atoms with Crippen molar-refractivity contribution < 1.29 is 0 Å². The predicted octanol–water partition coefficient (Wildman–Crippen LogP) is 2.49. The molecule has 2 nitrogen and oxygen atoms in total. The van der Waals surface area contributed by atoms with Crippen LogP contribution >= 0.6 is 0 Å². The number of hydrogen-bond donors (Lipinski definition) is 1. The average Bonchev–Trinajstić information content (AvgIpc) is 2.15. The molecule has 0 aromatic carbocycles. The SMILES string of the molecule is CC1CN(C2CCC(C)(C)CC2C)CCN1. The van der Waals surface area contributed by atoms with Crippen LogP contribution in [0.1, 0.15) is 47.0 Å². The zero-order valence-electron chi connectivity index (χ0n) is 11.4. The van der Waals surface area contributed by atoms with Crippen molar-refractivity contribution in [3.8, 4) is 0 Å². The first-order valence-electron chi connectivity index (χ1n) is 6.95. The van der Waals surface area contributed by atoms with Crippen molar-refractivity contribution in [2.45, 2.75) is 59.0 Å². The van der Waals surface area contributed by atoms with Crippen molar-refractivity contribution in [3.63, 3.8) is 0 Å². The fraction of sp³-hybridized carbons (Fsp3) is 1.00. The zero-order chi connectivity index (χ0) is 11.8. The molecule has 1 heterocycles. The van der Waals surface area contributed by atoms with E-state index in [2.05, 4.69) is 37.9 Å². The molecule has 1 aliphatic heterocycles. The topological polar surface area (TPSA) is 15.3 Å². The average molecular weight is 224 g/mol. The largest absolute Gasteiger partial charge is 0.312 e. The van der Waals surface area contributed by atoms with Gasteiger partial charge in [-0.25, -0.2) is 0 Å². The number of hydrogen-bond acceptors (Lipinski definition) is 2. The summed E-state index contributed by atoms with van der Waals surface area (Å²) in [6.45, 7) is 13.3. The van der Waals surface area contributed by atoms with Gasteiger partial charge in [0.25, 0.3) is 0 Å². The van der Waals surface area contributed by atoms with Crippen LogP contribution < -0.4 is 5.32 Å². The van der Waals surface area contributed by atoms with Gasteiger partial charge in [-0.05, 0) is 37.5 Å². The Labute approximate surface area is 101 Å². The summed E-state index contributed by atoms with van der Waals surface area (Å²) >= 11 is 0. The number of nitrogens with one attached hydrogen (secondary N) is 1. The van der Waals surface area contributed by atoms with E-state index in [0.29, 0.717) is 11.5 Å². The Hall–Kier alpha value is -0.0800. The molecule has 0 aromatic rings. The van der Waals surface area contributed by atoms with Gasteiger partial charge in [-0.1, -0.05) is 20.8 Å². The van der Waals surface area contributed by atoms with Gasteiger partial charge in [-0.2, -0.15) is 0 Å². The van der Waals surface area contributed by atoms with E-state index in [1.54, 1.807) is 0 Å².